The Morgan fingerprint density at radius 1 is 1.00 bits per heavy atom. The lowest BCUT2D eigenvalue weighted by Crippen LogP contribution is -2.34. The number of carbonyl (C=O) groups excluding carboxylic acids is 1. The Morgan fingerprint density at radius 3 is 2.22 bits per heavy atom. The first-order chi connectivity index (χ1) is 8.90. The van der Waals surface area contributed by atoms with Gasteiger partial charge in [0.15, 0.2) is 0 Å². The zero-order valence-corrected chi connectivity index (χ0v) is 11.1. The van der Waals surface area contributed by atoms with Gasteiger partial charge in [-0.25, -0.2) is 0 Å². The van der Waals surface area contributed by atoms with E-state index >= 15 is 0 Å². The van der Waals surface area contributed by atoms with Gasteiger partial charge in [-0.1, -0.05) is 62.4 Å². The molecule has 0 heterocycles. The van der Waals surface area contributed by atoms with Crippen molar-refractivity contribution in [2.75, 3.05) is 0 Å². The highest BCUT2D eigenvalue weighted by atomic mass is 16.1. The van der Waals surface area contributed by atoms with Crippen molar-refractivity contribution in [2.24, 2.45) is 0 Å². The quantitative estimate of drug-likeness (QED) is 0.740. The first-order valence-electron chi connectivity index (χ1n) is 7.15. The Bertz CT molecular complexity index is 341. The molecule has 2 nitrogen and oxygen atoms in total. The molecule has 0 spiro atoms. The van der Waals surface area contributed by atoms with Gasteiger partial charge in [0, 0.05) is 12.6 Å². The molecule has 0 bridgehead atoms. The SMILES string of the molecule is O=CN(Cc1ccccc1)C1CCCCCCC1. The van der Waals surface area contributed by atoms with Gasteiger partial charge in [0.2, 0.25) is 6.41 Å². The van der Waals surface area contributed by atoms with Crippen LogP contribution in [0.4, 0.5) is 0 Å². The summed E-state index contributed by atoms with van der Waals surface area (Å²) in [6, 6.07) is 10.7. The lowest BCUT2D eigenvalue weighted by atomic mass is 9.95. The third-order valence-electron chi connectivity index (χ3n) is 3.89. The van der Waals surface area contributed by atoms with Crippen LogP contribution in [-0.2, 0) is 11.3 Å². The van der Waals surface area contributed by atoms with Gasteiger partial charge in [-0.05, 0) is 18.4 Å². The minimum absolute atomic E-state index is 0.447. The Hall–Kier alpha value is -1.31. The van der Waals surface area contributed by atoms with Crippen LogP contribution in [-0.4, -0.2) is 17.4 Å². The van der Waals surface area contributed by atoms with Crippen LogP contribution in [0.5, 0.6) is 0 Å². The molecule has 0 atom stereocenters. The lowest BCUT2D eigenvalue weighted by Gasteiger charge is -2.30. The molecule has 1 aliphatic rings. The predicted octanol–water partition coefficient (Wildman–Crippen LogP) is 3.76. The zero-order chi connectivity index (χ0) is 12.6. The summed E-state index contributed by atoms with van der Waals surface area (Å²) in [4.78, 5) is 13.3. The van der Waals surface area contributed by atoms with Crippen molar-refractivity contribution < 1.29 is 4.79 Å². The number of benzene rings is 1. The summed E-state index contributed by atoms with van der Waals surface area (Å²) in [5, 5.41) is 0. The van der Waals surface area contributed by atoms with Gasteiger partial charge in [0.25, 0.3) is 0 Å². The lowest BCUT2D eigenvalue weighted by molar-refractivity contribution is -0.121. The summed E-state index contributed by atoms with van der Waals surface area (Å²) < 4.78 is 0. The van der Waals surface area contributed by atoms with Crippen LogP contribution in [0.1, 0.15) is 50.5 Å². The predicted molar refractivity (Wildman–Crippen MR) is 74.2 cm³/mol. The second kappa shape index (κ2) is 7.20. The summed E-state index contributed by atoms with van der Waals surface area (Å²) in [6.07, 6.45) is 9.94. The van der Waals surface area contributed by atoms with E-state index in [2.05, 4.69) is 12.1 Å². The van der Waals surface area contributed by atoms with Crippen LogP contribution in [0, 0.1) is 0 Å². The molecule has 0 radical (unpaired) electrons. The third kappa shape index (κ3) is 3.86. The molecule has 2 rings (SSSR count). The molecule has 1 aromatic rings. The van der Waals surface area contributed by atoms with E-state index in [9.17, 15) is 4.79 Å². The summed E-state index contributed by atoms with van der Waals surface area (Å²) in [7, 11) is 0. The number of amides is 1. The first kappa shape index (κ1) is 13.1. The topological polar surface area (TPSA) is 20.3 Å². The average Bonchev–Trinajstić information content (AvgIpc) is 2.37. The fourth-order valence-corrected chi connectivity index (χ4v) is 2.81. The second-order valence-corrected chi connectivity index (χ2v) is 5.26. The van der Waals surface area contributed by atoms with Gasteiger partial charge in [-0.2, -0.15) is 0 Å². The Balaban J connectivity index is 1.96. The Morgan fingerprint density at radius 2 is 1.61 bits per heavy atom. The molecule has 0 aromatic heterocycles. The number of rotatable bonds is 4. The van der Waals surface area contributed by atoms with E-state index in [0.29, 0.717) is 6.04 Å². The number of nitrogens with zero attached hydrogens (tertiary/aromatic N) is 1. The molecule has 18 heavy (non-hydrogen) atoms. The number of hydrogen-bond acceptors (Lipinski definition) is 1. The van der Waals surface area contributed by atoms with Gasteiger partial charge >= 0.3 is 0 Å². The van der Waals surface area contributed by atoms with Crippen LogP contribution in [0.2, 0.25) is 0 Å². The third-order valence-corrected chi connectivity index (χ3v) is 3.89. The van der Waals surface area contributed by atoms with E-state index in [0.717, 1.165) is 13.0 Å². The number of hydrogen-bond donors (Lipinski definition) is 0. The van der Waals surface area contributed by atoms with Crippen LogP contribution < -0.4 is 0 Å². The van der Waals surface area contributed by atoms with Crippen molar-refractivity contribution in [2.45, 2.75) is 57.5 Å². The van der Waals surface area contributed by atoms with E-state index in [-0.39, 0.29) is 0 Å². The highest BCUT2D eigenvalue weighted by Gasteiger charge is 2.17. The summed E-state index contributed by atoms with van der Waals surface area (Å²) >= 11 is 0. The van der Waals surface area contributed by atoms with Crippen molar-refractivity contribution in [3.63, 3.8) is 0 Å². The van der Waals surface area contributed by atoms with Crippen LogP contribution >= 0.6 is 0 Å². The standard InChI is InChI=1S/C16H23NO/c18-14-17(13-15-9-5-4-6-10-15)16-11-7-2-1-3-8-12-16/h4-6,9-10,14,16H,1-3,7-8,11-13H2. The minimum atomic E-state index is 0.447. The normalized spacial score (nSPS) is 17.8. The van der Waals surface area contributed by atoms with Crippen LogP contribution in [0.3, 0.4) is 0 Å². The molecule has 0 unspecified atom stereocenters. The van der Waals surface area contributed by atoms with Gasteiger partial charge in [0.05, 0.1) is 0 Å². The second-order valence-electron chi connectivity index (χ2n) is 5.26. The fraction of sp³-hybridized carbons (Fsp3) is 0.562. The van der Waals surface area contributed by atoms with E-state index < -0.39 is 0 Å². The van der Waals surface area contributed by atoms with E-state index in [1.54, 1.807) is 0 Å². The average molecular weight is 245 g/mol. The van der Waals surface area contributed by atoms with Crippen molar-refractivity contribution >= 4 is 6.41 Å². The van der Waals surface area contributed by atoms with E-state index in [1.165, 1.54) is 50.5 Å². The van der Waals surface area contributed by atoms with E-state index in [1.807, 2.05) is 23.1 Å². The van der Waals surface area contributed by atoms with Gasteiger partial charge in [-0.15, -0.1) is 0 Å². The minimum Gasteiger partial charge on any atom is -0.338 e. The van der Waals surface area contributed by atoms with E-state index in [4.69, 9.17) is 0 Å². The van der Waals surface area contributed by atoms with Crippen LogP contribution in [0.25, 0.3) is 0 Å². The van der Waals surface area contributed by atoms with Crippen molar-refractivity contribution in [1.29, 1.82) is 0 Å². The molecular formula is C16H23NO. The van der Waals surface area contributed by atoms with Crippen molar-refractivity contribution in [1.82, 2.24) is 4.90 Å². The molecule has 1 fully saturated rings. The first-order valence-corrected chi connectivity index (χ1v) is 7.15. The largest absolute Gasteiger partial charge is 0.338 e. The zero-order valence-electron chi connectivity index (χ0n) is 11.1. The maximum absolute atomic E-state index is 11.3. The van der Waals surface area contributed by atoms with Gasteiger partial charge in [-0.3, -0.25) is 4.79 Å². The van der Waals surface area contributed by atoms with Crippen molar-refractivity contribution in [3.05, 3.63) is 35.9 Å². The molecule has 2 heteroatoms. The molecule has 1 aromatic carbocycles. The molecule has 0 aliphatic heterocycles. The molecule has 0 saturated heterocycles. The molecule has 1 amide bonds. The fourth-order valence-electron chi connectivity index (χ4n) is 2.81. The summed E-state index contributed by atoms with van der Waals surface area (Å²) in [5.41, 5.74) is 1.23. The van der Waals surface area contributed by atoms with Crippen molar-refractivity contribution in [3.8, 4) is 0 Å². The summed E-state index contributed by atoms with van der Waals surface area (Å²) in [6.45, 7) is 0.759. The maximum Gasteiger partial charge on any atom is 0.210 e. The Kier molecular flexibility index (Phi) is 5.25. The maximum atomic E-state index is 11.3. The highest BCUT2D eigenvalue weighted by molar-refractivity contribution is 5.48. The summed E-state index contributed by atoms with van der Waals surface area (Å²) in [5.74, 6) is 0. The van der Waals surface area contributed by atoms with Crippen LogP contribution in [0.15, 0.2) is 30.3 Å². The molecule has 1 aliphatic carbocycles. The molecule has 98 valence electrons. The monoisotopic (exact) mass is 245 g/mol. The molecular weight excluding hydrogens is 222 g/mol. The highest BCUT2D eigenvalue weighted by Crippen LogP contribution is 2.21. The van der Waals surface area contributed by atoms with Gasteiger partial charge in [0.1, 0.15) is 0 Å². The molecule has 1 saturated carbocycles. The number of carbonyl (C=O) groups is 1. The molecule has 0 N–H and O–H groups in total. The Labute approximate surface area is 110 Å². The van der Waals surface area contributed by atoms with Gasteiger partial charge < -0.3 is 4.90 Å². The smallest absolute Gasteiger partial charge is 0.210 e.